The molecule has 0 fully saturated rings. The smallest absolute Gasteiger partial charge is 0.130 e. The Balaban J connectivity index is 2.26. The minimum atomic E-state index is -0.0921. The van der Waals surface area contributed by atoms with Gasteiger partial charge in [-0.2, -0.15) is 0 Å². The monoisotopic (exact) mass is 271 g/mol. The Morgan fingerprint density at radius 2 is 1.75 bits per heavy atom. The van der Waals surface area contributed by atoms with Gasteiger partial charge in [0.15, 0.2) is 0 Å². The van der Waals surface area contributed by atoms with Crippen molar-refractivity contribution in [2.24, 2.45) is 0 Å². The van der Waals surface area contributed by atoms with Crippen LogP contribution in [0.15, 0.2) is 42.5 Å². The summed E-state index contributed by atoms with van der Waals surface area (Å²) >= 11 is 0. The highest BCUT2D eigenvalue weighted by Crippen LogP contribution is 2.23. The summed E-state index contributed by atoms with van der Waals surface area (Å²) in [4.78, 5) is 0. The Labute approximate surface area is 120 Å². The van der Waals surface area contributed by atoms with Crippen molar-refractivity contribution in [3.05, 3.63) is 70.5 Å². The quantitative estimate of drug-likeness (QED) is 0.853. The van der Waals surface area contributed by atoms with Gasteiger partial charge in [0.05, 0.1) is 0 Å². The van der Waals surface area contributed by atoms with Crippen LogP contribution in [0.5, 0.6) is 0 Å². The van der Waals surface area contributed by atoms with E-state index in [1.807, 2.05) is 25.1 Å². The Bertz CT molecular complexity index is 560. The van der Waals surface area contributed by atoms with Gasteiger partial charge in [0.25, 0.3) is 0 Å². The van der Waals surface area contributed by atoms with E-state index < -0.39 is 0 Å². The van der Waals surface area contributed by atoms with Gasteiger partial charge in [0.1, 0.15) is 5.82 Å². The van der Waals surface area contributed by atoms with Crippen molar-refractivity contribution in [1.29, 1.82) is 0 Å². The fraction of sp³-hybridized carbons (Fsp3) is 0.333. The lowest BCUT2D eigenvalue weighted by atomic mass is 9.96. The van der Waals surface area contributed by atoms with Crippen molar-refractivity contribution in [3.8, 4) is 0 Å². The molecule has 0 radical (unpaired) electrons. The number of likely N-dealkylation sites (N-methyl/N-ethyl adjacent to an activating group) is 1. The SMILES string of the molecule is CCNC(Cc1ccc(C)cc1)c1cccc(C)c1F. The van der Waals surface area contributed by atoms with E-state index >= 15 is 0 Å². The third kappa shape index (κ3) is 3.45. The van der Waals surface area contributed by atoms with Gasteiger partial charge < -0.3 is 5.32 Å². The molecular formula is C18H22FN. The Morgan fingerprint density at radius 3 is 2.40 bits per heavy atom. The predicted octanol–water partition coefficient (Wildman–Crippen LogP) is 4.34. The molecule has 1 N–H and O–H groups in total. The predicted molar refractivity (Wildman–Crippen MR) is 82.4 cm³/mol. The lowest BCUT2D eigenvalue weighted by Crippen LogP contribution is -2.24. The summed E-state index contributed by atoms with van der Waals surface area (Å²) in [5.41, 5.74) is 3.93. The summed E-state index contributed by atoms with van der Waals surface area (Å²) in [5.74, 6) is -0.0921. The molecule has 0 aliphatic carbocycles. The van der Waals surface area contributed by atoms with E-state index in [1.54, 1.807) is 0 Å². The normalized spacial score (nSPS) is 12.4. The van der Waals surface area contributed by atoms with Gasteiger partial charge in [-0.05, 0) is 37.9 Å². The Morgan fingerprint density at radius 1 is 1.05 bits per heavy atom. The molecule has 2 aromatic carbocycles. The molecular weight excluding hydrogens is 249 g/mol. The average molecular weight is 271 g/mol. The minimum absolute atomic E-state index is 0.0163. The van der Waals surface area contributed by atoms with E-state index in [0.717, 1.165) is 18.5 Å². The van der Waals surface area contributed by atoms with E-state index in [2.05, 4.69) is 43.4 Å². The van der Waals surface area contributed by atoms with E-state index in [0.29, 0.717) is 5.56 Å². The summed E-state index contributed by atoms with van der Waals surface area (Å²) in [6.07, 6.45) is 0.800. The highest BCUT2D eigenvalue weighted by atomic mass is 19.1. The summed E-state index contributed by atoms with van der Waals surface area (Å²) in [7, 11) is 0. The zero-order valence-electron chi connectivity index (χ0n) is 12.4. The van der Waals surface area contributed by atoms with E-state index in [1.165, 1.54) is 11.1 Å². The number of hydrogen-bond acceptors (Lipinski definition) is 1. The highest BCUT2D eigenvalue weighted by molar-refractivity contribution is 5.30. The molecule has 0 bridgehead atoms. The Kier molecular flexibility index (Phi) is 4.91. The van der Waals surface area contributed by atoms with Crippen LogP contribution in [0.1, 0.15) is 35.2 Å². The van der Waals surface area contributed by atoms with Gasteiger partial charge in [-0.3, -0.25) is 0 Å². The molecule has 1 unspecified atom stereocenters. The second-order valence-corrected chi connectivity index (χ2v) is 5.28. The zero-order valence-corrected chi connectivity index (χ0v) is 12.4. The first kappa shape index (κ1) is 14.7. The van der Waals surface area contributed by atoms with Crippen molar-refractivity contribution in [3.63, 3.8) is 0 Å². The van der Waals surface area contributed by atoms with Crippen LogP contribution >= 0.6 is 0 Å². The van der Waals surface area contributed by atoms with Gasteiger partial charge in [-0.15, -0.1) is 0 Å². The van der Waals surface area contributed by atoms with Gasteiger partial charge in [-0.25, -0.2) is 4.39 Å². The van der Waals surface area contributed by atoms with Crippen LogP contribution < -0.4 is 5.32 Å². The average Bonchev–Trinajstić information content (AvgIpc) is 2.44. The van der Waals surface area contributed by atoms with Crippen LogP contribution in [0.4, 0.5) is 4.39 Å². The first-order valence-corrected chi connectivity index (χ1v) is 7.15. The molecule has 2 heteroatoms. The van der Waals surface area contributed by atoms with Gasteiger partial charge >= 0.3 is 0 Å². The molecule has 0 spiro atoms. The molecule has 0 aromatic heterocycles. The van der Waals surface area contributed by atoms with Crippen LogP contribution in [0.2, 0.25) is 0 Å². The van der Waals surface area contributed by atoms with E-state index in [-0.39, 0.29) is 11.9 Å². The maximum Gasteiger partial charge on any atom is 0.130 e. The molecule has 2 rings (SSSR count). The second-order valence-electron chi connectivity index (χ2n) is 5.28. The largest absolute Gasteiger partial charge is 0.310 e. The third-order valence-electron chi connectivity index (χ3n) is 3.61. The number of halogens is 1. The van der Waals surface area contributed by atoms with Crippen LogP contribution in [0, 0.1) is 19.7 Å². The molecule has 1 atom stereocenters. The summed E-state index contributed by atoms with van der Waals surface area (Å²) < 4.78 is 14.3. The number of nitrogens with one attached hydrogen (secondary N) is 1. The second kappa shape index (κ2) is 6.67. The third-order valence-corrected chi connectivity index (χ3v) is 3.61. The number of benzene rings is 2. The van der Waals surface area contributed by atoms with Gasteiger partial charge in [0, 0.05) is 11.6 Å². The molecule has 0 heterocycles. The fourth-order valence-corrected chi connectivity index (χ4v) is 2.44. The van der Waals surface area contributed by atoms with Crippen LogP contribution in [-0.4, -0.2) is 6.54 Å². The maximum atomic E-state index is 14.3. The van der Waals surface area contributed by atoms with Crippen LogP contribution in [0.25, 0.3) is 0 Å². The lowest BCUT2D eigenvalue weighted by Gasteiger charge is -2.20. The number of aryl methyl sites for hydroxylation is 2. The fourth-order valence-electron chi connectivity index (χ4n) is 2.44. The molecule has 0 aliphatic heterocycles. The van der Waals surface area contributed by atoms with Crippen molar-refractivity contribution in [2.45, 2.75) is 33.2 Å². The first-order valence-electron chi connectivity index (χ1n) is 7.15. The number of hydrogen-bond donors (Lipinski definition) is 1. The van der Waals surface area contributed by atoms with Crippen LogP contribution in [-0.2, 0) is 6.42 Å². The topological polar surface area (TPSA) is 12.0 Å². The lowest BCUT2D eigenvalue weighted by molar-refractivity contribution is 0.507. The summed E-state index contributed by atoms with van der Waals surface area (Å²) in [5, 5.41) is 3.39. The van der Waals surface area contributed by atoms with Gasteiger partial charge in [-0.1, -0.05) is 55.0 Å². The zero-order chi connectivity index (χ0) is 14.5. The molecule has 0 amide bonds. The number of rotatable bonds is 5. The summed E-state index contributed by atoms with van der Waals surface area (Å²) in [6.45, 7) is 6.76. The summed E-state index contributed by atoms with van der Waals surface area (Å²) in [6, 6.07) is 14.1. The molecule has 2 aromatic rings. The van der Waals surface area contributed by atoms with Gasteiger partial charge in [0.2, 0.25) is 0 Å². The molecule has 106 valence electrons. The first-order chi connectivity index (χ1) is 9.61. The maximum absolute atomic E-state index is 14.3. The van der Waals surface area contributed by atoms with Crippen molar-refractivity contribution in [2.75, 3.05) is 6.54 Å². The van der Waals surface area contributed by atoms with E-state index in [4.69, 9.17) is 0 Å². The molecule has 20 heavy (non-hydrogen) atoms. The van der Waals surface area contributed by atoms with Crippen molar-refractivity contribution < 1.29 is 4.39 Å². The van der Waals surface area contributed by atoms with E-state index in [9.17, 15) is 4.39 Å². The molecule has 0 saturated heterocycles. The van der Waals surface area contributed by atoms with Crippen molar-refractivity contribution >= 4 is 0 Å². The Hall–Kier alpha value is -1.67. The standard InChI is InChI=1S/C18H22FN/c1-4-20-17(12-15-10-8-13(2)9-11-15)16-7-5-6-14(3)18(16)19/h5-11,17,20H,4,12H2,1-3H3. The minimum Gasteiger partial charge on any atom is -0.310 e. The molecule has 1 nitrogen and oxygen atoms in total. The molecule has 0 saturated carbocycles. The van der Waals surface area contributed by atoms with Crippen LogP contribution in [0.3, 0.4) is 0 Å². The molecule has 0 aliphatic rings. The van der Waals surface area contributed by atoms with Crippen molar-refractivity contribution in [1.82, 2.24) is 5.32 Å². The highest BCUT2D eigenvalue weighted by Gasteiger charge is 2.16.